The molecule has 1 unspecified atom stereocenters. The molecule has 0 rings (SSSR count). The zero-order valence-corrected chi connectivity index (χ0v) is 11.0. The Balaban J connectivity index is 4.31. The van der Waals surface area contributed by atoms with Crippen LogP contribution in [0.5, 0.6) is 0 Å². The van der Waals surface area contributed by atoms with Gasteiger partial charge in [-0.25, -0.2) is 8.42 Å². The van der Waals surface area contributed by atoms with Crippen LogP contribution in [0.2, 0.25) is 0 Å². The molecule has 0 heterocycles. The van der Waals surface area contributed by atoms with E-state index in [0.29, 0.717) is 17.2 Å². The zero-order valence-electron chi connectivity index (χ0n) is 9.38. The predicted molar refractivity (Wildman–Crippen MR) is 61.3 cm³/mol. The van der Waals surface area contributed by atoms with Crippen LogP contribution in [0.25, 0.3) is 0 Å². The minimum absolute atomic E-state index is 0.0844. The van der Waals surface area contributed by atoms with Gasteiger partial charge in [0.1, 0.15) is 12.7 Å². The van der Waals surface area contributed by atoms with E-state index in [1.807, 2.05) is 0 Å². The third-order valence-corrected chi connectivity index (χ3v) is 5.25. The second-order valence-corrected chi connectivity index (χ2v) is 7.34. The van der Waals surface area contributed by atoms with E-state index in [4.69, 9.17) is 0 Å². The summed E-state index contributed by atoms with van der Waals surface area (Å²) in [7, 11) is -2.97. The minimum Gasteiger partial charge on any atom is -0.312 e. The maximum atomic E-state index is 11.3. The van der Waals surface area contributed by atoms with Gasteiger partial charge in [-0.3, -0.25) is 0 Å². The van der Waals surface area contributed by atoms with Crippen LogP contribution >= 0.6 is 10.8 Å². The number of rotatable bonds is 10. The first-order valence-electron chi connectivity index (χ1n) is 4.72. The van der Waals surface area contributed by atoms with Gasteiger partial charge in [0.2, 0.25) is 8.87 Å². The molecule has 0 aliphatic carbocycles. The molecule has 0 aliphatic heterocycles. The van der Waals surface area contributed by atoms with Crippen LogP contribution in [-0.2, 0) is 18.5 Å². The van der Waals surface area contributed by atoms with Crippen LogP contribution in [-0.4, -0.2) is 42.8 Å². The van der Waals surface area contributed by atoms with E-state index in [2.05, 4.69) is 9.68 Å². The van der Waals surface area contributed by atoms with E-state index < -0.39 is 31.8 Å². The summed E-state index contributed by atoms with van der Waals surface area (Å²) in [5.41, 5.74) is 0. The highest BCUT2D eigenvalue weighted by molar-refractivity contribution is 8.72. The number of hydrogen-bond donors (Lipinski definition) is 0. The fourth-order valence-electron chi connectivity index (χ4n) is 0.863. The van der Waals surface area contributed by atoms with Crippen molar-refractivity contribution in [3.8, 4) is 0 Å². The van der Waals surface area contributed by atoms with Gasteiger partial charge >= 0.3 is 0 Å². The second-order valence-electron chi connectivity index (χ2n) is 3.02. The largest absolute Gasteiger partial charge is 0.312 e. The molecule has 0 radical (unpaired) electrons. The van der Waals surface area contributed by atoms with E-state index in [1.165, 1.54) is 0 Å². The highest BCUT2D eigenvalue weighted by Gasteiger charge is 2.20. The van der Waals surface area contributed by atoms with E-state index in [0.717, 1.165) is 0 Å². The third kappa shape index (κ3) is 8.81. The summed E-state index contributed by atoms with van der Waals surface area (Å²) in [4.78, 5) is 28.0. The van der Waals surface area contributed by atoms with Crippen molar-refractivity contribution >= 4 is 19.7 Å². The quantitative estimate of drug-likeness (QED) is 0.315. The van der Waals surface area contributed by atoms with Crippen molar-refractivity contribution < 1.29 is 28.3 Å². The normalized spacial score (nSPS) is 12.7. The molecule has 0 spiro atoms. The molecule has 0 aromatic heterocycles. The molecule has 0 aromatic carbocycles. The Hall–Kier alpha value is -1.30. The first-order valence-corrected chi connectivity index (χ1v) is 7.88. The zero-order chi connectivity index (χ0) is 14.2. The van der Waals surface area contributed by atoms with E-state index >= 15 is 0 Å². The van der Waals surface area contributed by atoms with Crippen molar-refractivity contribution in [2.24, 2.45) is 0 Å². The summed E-state index contributed by atoms with van der Waals surface area (Å²) in [6.45, 7) is 0.960. The summed E-state index contributed by atoms with van der Waals surface area (Å²) in [5, 5.41) is 17.7. The topological polar surface area (TPSA) is 139 Å². The van der Waals surface area contributed by atoms with Crippen molar-refractivity contribution in [2.45, 2.75) is 19.4 Å². The lowest BCUT2D eigenvalue weighted by Gasteiger charge is -2.12. The Kier molecular flexibility index (Phi) is 7.35. The lowest BCUT2D eigenvalue weighted by atomic mass is 10.4. The Morgan fingerprint density at radius 2 is 1.89 bits per heavy atom. The van der Waals surface area contributed by atoms with Gasteiger partial charge in [-0.15, -0.1) is 20.2 Å². The van der Waals surface area contributed by atoms with Gasteiger partial charge in [0, 0.05) is 5.75 Å². The first-order chi connectivity index (χ1) is 8.26. The van der Waals surface area contributed by atoms with E-state index in [-0.39, 0.29) is 11.5 Å². The Morgan fingerprint density at radius 1 is 1.28 bits per heavy atom. The standard InChI is InChI=1S/C6H12N2O8S2/c1-2-3-18(13,14)17-5-6(16-8(11)12)4-15-7(9)10/h6H,2-5H2,1H3. The first kappa shape index (κ1) is 16.7. The number of hydrogen-bond acceptors (Lipinski definition) is 9. The number of nitrogens with zero attached hydrogens (tertiary/aromatic N) is 2. The third-order valence-electron chi connectivity index (χ3n) is 1.49. The van der Waals surface area contributed by atoms with Crippen LogP contribution in [0.3, 0.4) is 0 Å². The monoisotopic (exact) mass is 304 g/mol. The van der Waals surface area contributed by atoms with Gasteiger partial charge < -0.3 is 9.68 Å². The van der Waals surface area contributed by atoms with Gasteiger partial charge in [-0.2, -0.15) is 0 Å². The van der Waals surface area contributed by atoms with Crippen LogP contribution in [0.1, 0.15) is 13.3 Å². The van der Waals surface area contributed by atoms with Gasteiger partial charge in [0.15, 0.2) is 0 Å². The molecule has 0 fully saturated rings. The maximum absolute atomic E-state index is 11.3. The Bertz CT molecular complexity index is 383. The molecule has 0 saturated heterocycles. The fraction of sp³-hybridized carbons (Fsp3) is 1.00. The molecular formula is C6H12N2O8S2. The lowest BCUT2D eigenvalue weighted by molar-refractivity contribution is -0.788. The average molecular weight is 304 g/mol. The van der Waals surface area contributed by atoms with Crippen LogP contribution in [0, 0.1) is 20.2 Å². The van der Waals surface area contributed by atoms with Crippen molar-refractivity contribution in [3.05, 3.63) is 20.2 Å². The lowest BCUT2D eigenvalue weighted by Crippen LogP contribution is -2.27. The predicted octanol–water partition coefficient (Wildman–Crippen LogP) is 0.245. The van der Waals surface area contributed by atoms with Gasteiger partial charge in [-0.05, 0) is 17.2 Å². The molecule has 12 heteroatoms. The molecule has 0 saturated carbocycles. The second kappa shape index (κ2) is 7.92. The maximum Gasteiger partial charge on any atom is 0.294 e. The van der Waals surface area contributed by atoms with Gasteiger partial charge in [0.25, 0.3) is 10.2 Å². The molecule has 106 valence electrons. The van der Waals surface area contributed by atoms with Crippen LogP contribution in [0.4, 0.5) is 0 Å². The molecular weight excluding hydrogens is 292 g/mol. The van der Waals surface area contributed by atoms with Crippen molar-refractivity contribution in [1.82, 2.24) is 0 Å². The minimum atomic E-state index is -3.41. The molecule has 1 atom stereocenters. The molecule has 10 nitrogen and oxygen atoms in total. The average Bonchev–Trinajstić information content (AvgIpc) is 2.21. The molecule has 0 amide bonds. The molecule has 0 aromatic rings. The van der Waals surface area contributed by atoms with Gasteiger partial charge in [0.05, 0.1) is 5.75 Å². The van der Waals surface area contributed by atoms with Crippen molar-refractivity contribution in [2.75, 3.05) is 18.1 Å². The van der Waals surface area contributed by atoms with E-state index in [9.17, 15) is 28.6 Å². The highest BCUT2D eigenvalue weighted by atomic mass is 33.1. The summed E-state index contributed by atoms with van der Waals surface area (Å²) in [6, 6.07) is 0. The summed E-state index contributed by atoms with van der Waals surface area (Å²) in [6.07, 6.45) is -0.913. The smallest absolute Gasteiger partial charge is 0.294 e. The highest BCUT2D eigenvalue weighted by Crippen LogP contribution is 2.17. The Labute approximate surface area is 106 Å². The van der Waals surface area contributed by atoms with E-state index in [1.54, 1.807) is 6.92 Å². The summed E-state index contributed by atoms with van der Waals surface area (Å²) < 4.78 is 22.6. The van der Waals surface area contributed by atoms with Crippen molar-refractivity contribution in [3.63, 3.8) is 0 Å². The molecule has 0 aliphatic rings. The SMILES string of the molecule is CCCS(=O)(=O)SCC(CO[N+](=O)[O-])O[N+](=O)[O-]. The Morgan fingerprint density at radius 3 is 2.33 bits per heavy atom. The molecule has 0 N–H and O–H groups in total. The van der Waals surface area contributed by atoms with Crippen molar-refractivity contribution in [1.29, 1.82) is 0 Å². The van der Waals surface area contributed by atoms with Crippen LogP contribution < -0.4 is 0 Å². The van der Waals surface area contributed by atoms with Gasteiger partial charge in [-0.1, -0.05) is 6.92 Å². The summed E-state index contributed by atoms with van der Waals surface area (Å²) in [5.74, 6) is -0.407. The molecule has 0 bridgehead atoms. The molecule has 18 heavy (non-hydrogen) atoms. The summed E-state index contributed by atoms with van der Waals surface area (Å²) >= 11 is 0. The van der Waals surface area contributed by atoms with Crippen LogP contribution in [0.15, 0.2) is 0 Å². The fourth-order valence-corrected chi connectivity index (χ4v) is 3.93.